The fourth-order valence-electron chi connectivity index (χ4n) is 1.62. The van der Waals surface area contributed by atoms with Gasteiger partial charge in [-0.3, -0.25) is 4.79 Å². The number of hydrogen-bond acceptors (Lipinski definition) is 3. The molecule has 0 saturated carbocycles. The number of hydrogen-bond donors (Lipinski definition) is 1. The third-order valence-corrected chi connectivity index (χ3v) is 3.84. The Hall–Kier alpha value is -1.66. The van der Waals surface area contributed by atoms with Crippen molar-refractivity contribution in [3.63, 3.8) is 0 Å². The van der Waals surface area contributed by atoms with Crippen LogP contribution >= 0.6 is 27.7 Å². The first-order chi connectivity index (χ1) is 10.1. The van der Waals surface area contributed by atoms with Crippen molar-refractivity contribution < 1.29 is 9.18 Å². The SMILES string of the molecule is CSc1ccc(/C(=C\Br)NC(=O)c2ccc(F)cc2)cn1. The summed E-state index contributed by atoms with van der Waals surface area (Å²) in [5.41, 5.74) is 1.75. The maximum absolute atomic E-state index is 12.9. The van der Waals surface area contributed by atoms with E-state index in [1.165, 1.54) is 24.3 Å². The molecule has 6 heteroatoms. The van der Waals surface area contributed by atoms with Gasteiger partial charge in [-0.15, -0.1) is 11.8 Å². The Morgan fingerprint density at radius 2 is 1.90 bits per heavy atom. The topological polar surface area (TPSA) is 42.0 Å². The van der Waals surface area contributed by atoms with Gasteiger partial charge in [0.15, 0.2) is 0 Å². The van der Waals surface area contributed by atoms with Crippen LogP contribution in [0.25, 0.3) is 5.70 Å². The molecule has 3 nitrogen and oxygen atoms in total. The van der Waals surface area contributed by atoms with Gasteiger partial charge in [-0.2, -0.15) is 0 Å². The van der Waals surface area contributed by atoms with Crippen LogP contribution in [0, 0.1) is 5.82 Å². The van der Waals surface area contributed by atoms with Gasteiger partial charge in [0.25, 0.3) is 5.91 Å². The molecule has 0 aliphatic rings. The Balaban J connectivity index is 2.15. The monoisotopic (exact) mass is 366 g/mol. The van der Waals surface area contributed by atoms with Crippen LogP contribution < -0.4 is 5.32 Å². The summed E-state index contributed by atoms with van der Waals surface area (Å²) in [5.74, 6) is -0.686. The van der Waals surface area contributed by atoms with Crippen molar-refractivity contribution >= 4 is 39.3 Å². The van der Waals surface area contributed by atoms with E-state index >= 15 is 0 Å². The number of carbonyl (C=O) groups excluding carboxylic acids is 1. The Bertz CT molecular complexity index is 656. The van der Waals surface area contributed by atoms with Crippen LogP contribution in [0.4, 0.5) is 4.39 Å². The van der Waals surface area contributed by atoms with E-state index in [-0.39, 0.29) is 11.7 Å². The number of thioether (sulfide) groups is 1. The quantitative estimate of drug-likeness (QED) is 0.829. The molecule has 0 fully saturated rings. The predicted molar refractivity (Wildman–Crippen MR) is 86.8 cm³/mol. The minimum atomic E-state index is -0.375. The first-order valence-electron chi connectivity index (χ1n) is 6.01. The van der Waals surface area contributed by atoms with Crippen LogP contribution in [0.15, 0.2) is 52.6 Å². The molecule has 0 aliphatic carbocycles. The number of rotatable bonds is 4. The van der Waals surface area contributed by atoms with Crippen molar-refractivity contribution in [3.8, 4) is 0 Å². The van der Waals surface area contributed by atoms with Crippen LogP contribution in [0.3, 0.4) is 0 Å². The van der Waals surface area contributed by atoms with Gasteiger partial charge in [0.2, 0.25) is 0 Å². The Morgan fingerprint density at radius 1 is 1.24 bits per heavy atom. The molecule has 0 bridgehead atoms. The molecule has 0 saturated heterocycles. The van der Waals surface area contributed by atoms with Crippen molar-refractivity contribution in [1.29, 1.82) is 0 Å². The second-order valence-electron chi connectivity index (χ2n) is 4.07. The molecule has 2 rings (SSSR count). The van der Waals surface area contributed by atoms with Crippen LogP contribution in [0.1, 0.15) is 15.9 Å². The number of nitrogens with one attached hydrogen (secondary N) is 1. The van der Waals surface area contributed by atoms with Crippen molar-refractivity contribution in [3.05, 3.63) is 64.5 Å². The maximum atomic E-state index is 12.9. The van der Waals surface area contributed by atoms with E-state index < -0.39 is 0 Å². The van der Waals surface area contributed by atoms with Crippen LogP contribution in [0.5, 0.6) is 0 Å². The smallest absolute Gasteiger partial charge is 0.255 e. The molecule has 21 heavy (non-hydrogen) atoms. The van der Waals surface area contributed by atoms with Gasteiger partial charge >= 0.3 is 0 Å². The normalized spacial score (nSPS) is 11.3. The van der Waals surface area contributed by atoms with E-state index in [4.69, 9.17) is 0 Å². The summed E-state index contributed by atoms with van der Waals surface area (Å²) in [6.07, 6.45) is 3.63. The minimum absolute atomic E-state index is 0.311. The molecule has 0 atom stereocenters. The summed E-state index contributed by atoms with van der Waals surface area (Å²) in [6.45, 7) is 0. The van der Waals surface area contributed by atoms with Gasteiger partial charge in [0.1, 0.15) is 5.82 Å². The highest BCUT2D eigenvalue weighted by Crippen LogP contribution is 2.17. The van der Waals surface area contributed by atoms with E-state index in [9.17, 15) is 9.18 Å². The van der Waals surface area contributed by atoms with E-state index in [1.54, 1.807) is 22.9 Å². The zero-order chi connectivity index (χ0) is 15.2. The number of benzene rings is 1. The van der Waals surface area contributed by atoms with Crippen LogP contribution in [0.2, 0.25) is 0 Å². The lowest BCUT2D eigenvalue weighted by atomic mass is 10.2. The van der Waals surface area contributed by atoms with Gasteiger partial charge in [0.05, 0.1) is 10.7 Å². The largest absolute Gasteiger partial charge is 0.321 e. The first kappa shape index (κ1) is 15.7. The van der Waals surface area contributed by atoms with Crippen LogP contribution in [-0.2, 0) is 0 Å². The summed E-state index contributed by atoms with van der Waals surface area (Å²) in [7, 11) is 0. The van der Waals surface area contributed by atoms with E-state index in [2.05, 4.69) is 26.2 Å². The number of pyridine rings is 1. The Labute approximate surface area is 134 Å². The number of halogens is 2. The molecular weight excluding hydrogens is 355 g/mol. The second-order valence-corrected chi connectivity index (χ2v) is 5.36. The van der Waals surface area contributed by atoms with Gasteiger partial charge in [-0.05, 0) is 42.7 Å². The molecule has 1 aromatic carbocycles. The van der Waals surface area contributed by atoms with Crippen molar-refractivity contribution in [2.24, 2.45) is 0 Å². The average Bonchev–Trinajstić information content (AvgIpc) is 2.53. The Morgan fingerprint density at radius 3 is 2.43 bits per heavy atom. The number of carbonyl (C=O) groups is 1. The standard InChI is InChI=1S/C15H12BrFN2OS/c1-21-14-7-4-11(9-18-14)13(8-16)19-15(20)10-2-5-12(17)6-3-10/h2-9H,1H3,(H,19,20)/b13-8+. The first-order valence-corrected chi connectivity index (χ1v) is 8.16. The van der Waals surface area contributed by atoms with Gasteiger partial charge < -0.3 is 5.32 Å². The predicted octanol–water partition coefficient (Wildman–Crippen LogP) is 4.07. The molecule has 1 amide bonds. The zero-order valence-electron chi connectivity index (χ0n) is 11.1. The fourth-order valence-corrected chi connectivity index (χ4v) is 2.36. The van der Waals surface area contributed by atoms with E-state index in [0.29, 0.717) is 11.3 Å². The molecule has 0 radical (unpaired) electrons. The van der Waals surface area contributed by atoms with Crippen molar-refractivity contribution in [1.82, 2.24) is 10.3 Å². The molecule has 0 unspecified atom stereocenters. The summed E-state index contributed by atoms with van der Waals surface area (Å²) in [5, 5.41) is 3.66. The summed E-state index contributed by atoms with van der Waals surface area (Å²) >= 11 is 4.77. The number of nitrogens with zero attached hydrogens (tertiary/aromatic N) is 1. The third kappa shape index (κ3) is 4.15. The number of aromatic nitrogens is 1. The molecule has 108 valence electrons. The summed E-state index contributed by atoms with van der Waals surface area (Å²) in [4.78, 5) is 18.0. The van der Waals surface area contributed by atoms with Gasteiger partial charge in [-0.1, -0.05) is 15.9 Å². The van der Waals surface area contributed by atoms with E-state index in [0.717, 1.165) is 10.6 Å². The van der Waals surface area contributed by atoms with Crippen molar-refractivity contribution in [2.75, 3.05) is 6.26 Å². The van der Waals surface area contributed by atoms with Crippen molar-refractivity contribution in [2.45, 2.75) is 5.03 Å². The molecule has 2 aromatic rings. The lowest BCUT2D eigenvalue weighted by Crippen LogP contribution is -2.21. The summed E-state index contributed by atoms with van der Waals surface area (Å²) < 4.78 is 12.9. The third-order valence-electron chi connectivity index (χ3n) is 2.72. The molecule has 0 aliphatic heterocycles. The lowest BCUT2D eigenvalue weighted by Gasteiger charge is -2.09. The second kappa shape index (κ2) is 7.38. The maximum Gasteiger partial charge on any atom is 0.255 e. The zero-order valence-corrected chi connectivity index (χ0v) is 13.5. The van der Waals surface area contributed by atoms with Crippen LogP contribution in [-0.4, -0.2) is 17.1 Å². The molecule has 1 aromatic heterocycles. The average molecular weight is 367 g/mol. The highest BCUT2D eigenvalue weighted by atomic mass is 79.9. The Kier molecular flexibility index (Phi) is 5.52. The summed E-state index contributed by atoms with van der Waals surface area (Å²) in [6, 6.07) is 9.12. The van der Waals surface area contributed by atoms with Gasteiger partial charge in [-0.25, -0.2) is 9.37 Å². The highest BCUT2D eigenvalue weighted by molar-refractivity contribution is 9.11. The molecule has 0 spiro atoms. The van der Waals surface area contributed by atoms with E-state index in [1.807, 2.05) is 18.4 Å². The highest BCUT2D eigenvalue weighted by Gasteiger charge is 2.09. The number of amides is 1. The fraction of sp³-hybridized carbons (Fsp3) is 0.0667. The molecule has 1 N–H and O–H groups in total. The molecular formula is C15H12BrFN2OS. The van der Waals surface area contributed by atoms with Gasteiger partial charge in [0, 0.05) is 22.3 Å². The minimum Gasteiger partial charge on any atom is -0.321 e. The molecule has 1 heterocycles. The lowest BCUT2D eigenvalue weighted by molar-refractivity contribution is 0.0974.